The van der Waals surface area contributed by atoms with Gasteiger partial charge in [-0.3, -0.25) is 0 Å². The molecule has 0 radical (unpaired) electrons. The molecule has 2 N–H and O–H groups in total. The van der Waals surface area contributed by atoms with E-state index in [1.807, 2.05) is 18.2 Å². The topological polar surface area (TPSA) is 44.5 Å². The van der Waals surface area contributed by atoms with E-state index >= 15 is 0 Å². The zero-order valence-corrected chi connectivity index (χ0v) is 9.62. The summed E-state index contributed by atoms with van der Waals surface area (Å²) in [6.45, 7) is 2.13. The lowest BCUT2D eigenvalue weighted by molar-refractivity contribution is 0.354. The second-order valence-corrected chi connectivity index (χ2v) is 3.51. The predicted molar refractivity (Wildman–Crippen MR) is 61.4 cm³/mol. The van der Waals surface area contributed by atoms with Crippen LogP contribution < -0.4 is 15.2 Å². The van der Waals surface area contributed by atoms with Gasteiger partial charge in [-0.1, -0.05) is 19.4 Å². The number of benzene rings is 1. The van der Waals surface area contributed by atoms with Crippen molar-refractivity contribution in [3.63, 3.8) is 0 Å². The van der Waals surface area contributed by atoms with Gasteiger partial charge in [0.2, 0.25) is 0 Å². The molecule has 0 aliphatic carbocycles. The Labute approximate surface area is 91.2 Å². The van der Waals surface area contributed by atoms with E-state index in [1.165, 1.54) is 0 Å². The number of hydrogen-bond donors (Lipinski definition) is 1. The third-order valence-electron chi connectivity index (χ3n) is 2.44. The van der Waals surface area contributed by atoms with Crippen LogP contribution >= 0.6 is 0 Å². The van der Waals surface area contributed by atoms with Gasteiger partial charge in [0.25, 0.3) is 0 Å². The van der Waals surface area contributed by atoms with Crippen LogP contribution in [0.4, 0.5) is 0 Å². The van der Waals surface area contributed by atoms with E-state index in [4.69, 9.17) is 15.2 Å². The summed E-state index contributed by atoms with van der Waals surface area (Å²) in [5, 5.41) is 0. The molecule has 15 heavy (non-hydrogen) atoms. The molecule has 0 aromatic heterocycles. The molecule has 3 heteroatoms. The van der Waals surface area contributed by atoms with E-state index in [0.717, 1.165) is 29.9 Å². The first-order chi connectivity index (χ1) is 7.22. The monoisotopic (exact) mass is 209 g/mol. The van der Waals surface area contributed by atoms with E-state index in [-0.39, 0.29) is 6.04 Å². The van der Waals surface area contributed by atoms with Crippen LogP contribution in [0.5, 0.6) is 11.5 Å². The molecule has 1 atom stereocenters. The fourth-order valence-corrected chi connectivity index (χ4v) is 1.56. The highest BCUT2D eigenvalue weighted by Crippen LogP contribution is 2.30. The first-order valence-corrected chi connectivity index (χ1v) is 5.20. The summed E-state index contributed by atoms with van der Waals surface area (Å²) >= 11 is 0. The normalized spacial score (nSPS) is 12.3. The van der Waals surface area contributed by atoms with Gasteiger partial charge < -0.3 is 15.2 Å². The van der Waals surface area contributed by atoms with E-state index in [1.54, 1.807) is 14.2 Å². The second kappa shape index (κ2) is 5.61. The lowest BCUT2D eigenvalue weighted by Gasteiger charge is -2.14. The van der Waals surface area contributed by atoms with Crippen LogP contribution in [0.2, 0.25) is 0 Å². The molecule has 0 amide bonds. The van der Waals surface area contributed by atoms with Crippen LogP contribution in [0.1, 0.15) is 31.4 Å². The third-order valence-corrected chi connectivity index (χ3v) is 2.44. The SMILES string of the molecule is CCC[C@@H](N)c1ccc(OC)c(OC)c1. The smallest absolute Gasteiger partial charge is 0.161 e. The van der Waals surface area contributed by atoms with Crippen molar-refractivity contribution in [2.45, 2.75) is 25.8 Å². The molecule has 1 rings (SSSR count). The Hall–Kier alpha value is -1.22. The van der Waals surface area contributed by atoms with E-state index < -0.39 is 0 Å². The molecule has 0 aliphatic heterocycles. The van der Waals surface area contributed by atoms with Gasteiger partial charge in [0.15, 0.2) is 11.5 Å². The van der Waals surface area contributed by atoms with Crippen molar-refractivity contribution in [3.05, 3.63) is 23.8 Å². The zero-order valence-electron chi connectivity index (χ0n) is 9.62. The van der Waals surface area contributed by atoms with E-state index in [0.29, 0.717) is 0 Å². The minimum atomic E-state index is 0.0785. The Morgan fingerprint density at radius 1 is 1.20 bits per heavy atom. The first kappa shape index (κ1) is 11.9. The average molecular weight is 209 g/mol. The number of nitrogens with two attached hydrogens (primary N) is 1. The van der Waals surface area contributed by atoms with Crippen LogP contribution in [0, 0.1) is 0 Å². The molecule has 1 aromatic rings. The van der Waals surface area contributed by atoms with Crippen LogP contribution in [-0.2, 0) is 0 Å². The standard InChI is InChI=1S/C12H19NO2/c1-4-5-10(13)9-6-7-11(14-2)12(8-9)15-3/h6-8,10H,4-5,13H2,1-3H3/t10-/m1/s1. The predicted octanol–water partition coefficient (Wildman–Crippen LogP) is 2.50. The molecule has 0 heterocycles. The van der Waals surface area contributed by atoms with Gasteiger partial charge in [0.1, 0.15) is 0 Å². The van der Waals surface area contributed by atoms with Gasteiger partial charge in [-0.05, 0) is 24.1 Å². The maximum Gasteiger partial charge on any atom is 0.161 e. The summed E-state index contributed by atoms with van der Waals surface area (Å²) in [6.07, 6.45) is 2.06. The molecule has 0 aliphatic rings. The molecule has 0 fully saturated rings. The molecule has 0 saturated carbocycles. The third kappa shape index (κ3) is 2.86. The lowest BCUT2D eigenvalue weighted by atomic mass is 10.0. The van der Waals surface area contributed by atoms with E-state index in [2.05, 4.69) is 6.92 Å². The number of ether oxygens (including phenoxy) is 2. The maximum atomic E-state index is 6.02. The molecule has 3 nitrogen and oxygen atoms in total. The maximum absolute atomic E-state index is 6.02. The fraction of sp³-hybridized carbons (Fsp3) is 0.500. The minimum absolute atomic E-state index is 0.0785. The number of methoxy groups -OCH3 is 2. The first-order valence-electron chi connectivity index (χ1n) is 5.20. The highest BCUT2D eigenvalue weighted by Gasteiger charge is 2.09. The largest absolute Gasteiger partial charge is 0.493 e. The highest BCUT2D eigenvalue weighted by molar-refractivity contribution is 5.43. The van der Waals surface area contributed by atoms with Crippen molar-refractivity contribution >= 4 is 0 Å². The Morgan fingerprint density at radius 2 is 1.87 bits per heavy atom. The number of rotatable bonds is 5. The molecule has 0 saturated heterocycles. The average Bonchev–Trinajstić information content (AvgIpc) is 2.28. The van der Waals surface area contributed by atoms with Crippen molar-refractivity contribution in [3.8, 4) is 11.5 Å². The van der Waals surface area contributed by atoms with Crippen molar-refractivity contribution in [2.75, 3.05) is 14.2 Å². The summed E-state index contributed by atoms with van der Waals surface area (Å²) in [7, 11) is 3.26. The summed E-state index contributed by atoms with van der Waals surface area (Å²) in [6, 6.07) is 5.90. The Balaban J connectivity index is 2.92. The lowest BCUT2D eigenvalue weighted by Crippen LogP contribution is -2.09. The number of hydrogen-bond acceptors (Lipinski definition) is 3. The fourth-order valence-electron chi connectivity index (χ4n) is 1.56. The van der Waals surface area contributed by atoms with Gasteiger partial charge >= 0.3 is 0 Å². The Bertz CT molecular complexity index is 312. The van der Waals surface area contributed by atoms with Gasteiger partial charge in [-0.25, -0.2) is 0 Å². The van der Waals surface area contributed by atoms with Gasteiger partial charge in [-0.15, -0.1) is 0 Å². The highest BCUT2D eigenvalue weighted by atomic mass is 16.5. The van der Waals surface area contributed by atoms with E-state index in [9.17, 15) is 0 Å². The summed E-state index contributed by atoms with van der Waals surface area (Å²) in [4.78, 5) is 0. The minimum Gasteiger partial charge on any atom is -0.493 e. The van der Waals surface area contributed by atoms with Gasteiger partial charge in [-0.2, -0.15) is 0 Å². The second-order valence-electron chi connectivity index (χ2n) is 3.51. The van der Waals surface area contributed by atoms with Crippen LogP contribution in [0.3, 0.4) is 0 Å². The van der Waals surface area contributed by atoms with Crippen molar-refractivity contribution < 1.29 is 9.47 Å². The molecule has 84 valence electrons. The molecule has 0 spiro atoms. The molecule has 0 unspecified atom stereocenters. The van der Waals surface area contributed by atoms with Crippen LogP contribution in [0.25, 0.3) is 0 Å². The van der Waals surface area contributed by atoms with Gasteiger partial charge in [0.05, 0.1) is 14.2 Å². The van der Waals surface area contributed by atoms with Gasteiger partial charge in [0, 0.05) is 6.04 Å². The van der Waals surface area contributed by atoms with Crippen LogP contribution in [-0.4, -0.2) is 14.2 Å². The Morgan fingerprint density at radius 3 is 2.40 bits per heavy atom. The molecule has 1 aromatic carbocycles. The summed E-state index contributed by atoms with van der Waals surface area (Å²) in [5.74, 6) is 1.48. The van der Waals surface area contributed by atoms with Crippen molar-refractivity contribution in [1.29, 1.82) is 0 Å². The molecular formula is C12H19NO2. The zero-order chi connectivity index (χ0) is 11.3. The Kier molecular flexibility index (Phi) is 4.43. The van der Waals surface area contributed by atoms with Crippen molar-refractivity contribution in [2.24, 2.45) is 5.73 Å². The molecular weight excluding hydrogens is 190 g/mol. The summed E-state index contributed by atoms with van der Waals surface area (Å²) < 4.78 is 10.4. The summed E-state index contributed by atoms with van der Waals surface area (Å²) in [5.41, 5.74) is 7.12. The van der Waals surface area contributed by atoms with Crippen LogP contribution in [0.15, 0.2) is 18.2 Å². The quantitative estimate of drug-likeness (QED) is 0.810. The molecule has 0 bridgehead atoms. The van der Waals surface area contributed by atoms with Crippen molar-refractivity contribution in [1.82, 2.24) is 0 Å².